The molecule has 0 atom stereocenters. The summed E-state index contributed by atoms with van der Waals surface area (Å²) < 4.78 is 42.5. The van der Waals surface area contributed by atoms with Crippen LogP contribution >= 0.6 is 11.6 Å². The van der Waals surface area contributed by atoms with Gasteiger partial charge in [-0.2, -0.15) is 8.42 Å². The molecule has 2 aromatic rings. The quantitative estimate of drug-likeness (QED) is 0.856. The Labute approximate surface area is 143 Å². The number of nitrogens with zero attached hydrogens (tertiary/aromatic N) is 1. The molecule has 1 fully saturated rings. The van der Waals surface area contributed by atoms with Crippen LogP contribution in [0.25, 0.3) is 11.1 Å². The van der Waals surface area contributed by atoms with Crippen molar-refractivity contribution in [3.8, 4) is 11.1 Å². The summed E-state index contributed by atoms with van der Waals surface area (Å²) >= 11 is 6.07. The highest BCUT2D eigenvalue weighted by Gasteiger charge is 2.31. The minimum Gasteiger partial charge on any atom is -0.352 e. The average molecular weight is 366 g/mol. The van der Waals surface area contributed by atoms with E-state index in [-0.39, 0.29) is 21.9 Å². The number of anilines is 1. The summed E-state index contributed by atoms with van der Waals surface area (Å²) in [5.41, 5.74) is 1.28. The summed E-state index contributed by atoms with van der Waals surface area (Å²) in [5, 5.41) is 6.01. The molecule has 0 amide bonds. The van der Waals surface area contributed by atoms with E-state index < -0.39 is 15.8 Å². The minimum atomic E-state index is -3.84. The highest BCUT2D eigenvalue weighted by molar-refractivity contribution is 7.90. The molecule has 0 bridgehead atoms. The molecule has 1 aliphatic carbocycles. The van der Waals surface area contributed by atoms with Crippen molar-refractivity contribution in [3.05, 3.63) is 47.2 Å². The first kappa shape index (κ1) is 15.4. The predicted octanol–water partition coefficient (Wildman–Crippen LogP) is 3.37. The van der Waals surface area contributed by atoms with Gasteiger partial charge in [-0.05, 0) is 25.0 Å². The van der Waals surface area contributed by atoms with Crippen LogP contribution in [0.15, 0.2) is 45.7 Å². The lowest BCUT2D eigenvalue weighted by atomic mass is 10.0. The second kappa shape index (κ2) is 5.46. The van der Waals surface area contributed by atoms with Crippen molar-refractivity contribution >= 4 is 33.3 Å². The van der Waals surface area contributed by atoms with Gasteiger partial charge in [0.15, 0.2) is 0 Å². The number of hydrogen-bond acceptors (Lipinski definition) is 4. The summed E-state index contributed by atoms with van der Waals surface area (Å²) in [6.45, 7) is 0. The Hall–Kier alpha value is -2.12. The highest BCUT2D eigenvalue weighted by atomic mass is 35.5. The molecular formula is C16H13ClFN3O2S. The maximum Gasteiger partial charge on any atom is 0.287 e. The van der Waals surface area contributed by atoms with Crippen molar-refractivity contribution in [3.63, 3.8) is 0 Å². The zero-order chi connectivity index (χ0) is 16.9. The molecule has 24 heavy (non-hydrogen) atoms. The van der Waals surface area contributed by atoms with Gasteiger partial charge >= 0.3 is 0 Å². The highest BCUT2D eigenvalue weighted by Crippen LogP contribution is 2.40. The van der Waals surface area contributed by atoms with Crippen LogP contribution < -0.4 is 10.6 Å². The second-order valence-corrected chi connectivity index (χ2v) is 7.69. The van der Waals surface area contributed by atoms with Crippen molar-refractivity contribution in [1.29, 1.82) is 0 Å². The maximum absolute atomic E-state index is 13.8. The third-order valence-corrected chi connectivity index (χ3v) is 5.62. The minimum absolute atomic E-state index is 0.0432. The van der Waals surface area contributed by atoms with E-state index in [1.165, 1.54) is 18.2 Å². The fourth-order valence-electron chi connectivity index (χ4n) is 2.61. The van der Waals surface area contributed by atoms with Crippen LogP contribution in [0.4, 0.5) is 10.1 Å². The molecule has 124 valence electrons. The molecule has 1 aliphatic heterocycles. The van der Waals surface area contributed by atoms with E-state index in [1.807, 2.05) is 0 Å². The summed E-state index contributed by atoms with van der Waals surface area (Å²) in [6, 6.07) is 9.42. The lowest BCUT2D eigenvalue weighted by Crippen LogP contribution is -2.36. The van der Waals surface area contributed by atoms with Crippen LogP contribution in [0.2, 0.25) is 5.02 Å². The SMILES string of the molecule is O=S1(=O)N=C(NC2CC2)Nc2c(-c3cccc(F)c3Cl)cccc21. The van der Waals surface area contributed by atoms with Crippen LogP contribution in [0, 0.1) is 5.82 Å². The Morgan fingerprint density at radius 1 is 1.17 bits per heavy atom. The molecule has 2 aromatic carbocycles. The number of benzene rings is 2. The largest absolute Gasteiger partial charge is 0.352 e. The van der Waals surface area contributed by atoms with E-state index in [4.69, 9.17) is 11.6 Å². The molecule has 1 heterocycles. The van der Waals surface area contributed by atoms with E-state index in [9.17, 15) is 12.8 Å². The summed E-state index contributed by atoms with van der Waals surface area (Å²) in [6.07, 6.45) is 1.95. The topological polar surface area (TPSA) is 70.6 Å². The Bertz CT molecular complexity index is 971. The first-order chi connectivity index (χ1) is 11.5. The van der Waals surface area contributed by atoms with Gasteiger partial charge in [0.05, 0.1) is 10.7 Å². The molecule has 0 radical (unpaired) electrons. The van der Waals surface area contributed by atoms with Crippen LogP contribution in [0.5, 0.6) is 0 Å². The Morgan fingerprint density at radius 3 is 2.62 bits per heavy atom. The van der Waals surface area contributed by atoms with Gasteiger partial charge in [0.25, 0.3) is 10.0 Å². The number of halogens is 2. The van der Waals surface area contributed by atoms with Gasteiger partial charge in [-0.15, -0.1) is 4.40 Å². The van der Waals surface area contributed by atoms with Crippen LogP contribution in [0.3, 0.4) is 0 Å². The third-order valence-electron chi connectivity index (χ3n) is 3.92. The molecule has 4 rings (SSSR count). The van der Waals surface area contributed by atoms with Crippen molar-refractivity contribution in [2.75, 3.05) is 5.32 Å². The average Bonchev–Trinajstić information content (AvgIpc) is 3.33. The fourth-order valence-corrected chi connectivity index (χ4v) is 3.94. The molecule has 1 saturated carbocycles. The van der Waals surface area contributed by atoms with Gasteiger partial charge in [-0.1, -0.05) is 35.9 Å². The van der Waals surface area contributed by atoms with E-state index in [2.05, 4.69) is 15.0 Å². The van der Waals surface area contributed by atoms with Crippen molar-refractivity contribution < 1.29 is 12.8 Å². The first-order valence-corrected chi connectivity index (χ1v) is 9.23. The molecule has 8 heteroatoms. The lowest BCUT2D eigenvalue weighted by molar-refractivity contribution is 0.597. The Morgan fingerprint density at radius 2 is 1.88 bits per heavy atom. The van der Waals surface area contributed by atoms with E-state index in [0.717, 1.165) is 12.8 Å². The molecule has 0 aromatic heterocycles. The van der Waals surface area contributed by atoms with Gasteiger partial charge in [0, 0.05) is 17.2 Å². The maximum atomic E-state index is 13.8. The summed E-state index contributed by atoms with van der Waals surface area (Å²) in [5.74, 6) is -0.375. The number of hydrogen-bond donors (Lipinski definition) is 2. The lowest BCUT2D eigenvalue weighted by Gasteiger charge is -2.22. The Balaban J connectivity index is 1.87. The smallest absolute Gasteiger partial charge is 0.287 e. The Kier molecular flexibility index (Phi) is 3.51. The third kappa shape index (κ3) is 2.63. The van der Waals surface area contributed by atoms with Crippen LogP contribution in [-0.4, -0.2) is 20.4 Å². The second-order valence-electron chi connectivity index (χ2n) is 5.74. The first-order valence-electron chi connectivity index (χ1n) is 7.41. The normalized spacial score (nSPS) is 18.3. The van der Waals surface area contributed by atoms with E-state index in [1.54, 1.807) is 18.2 Å². The number of rotatable bonds is 2. The number of sulfonamides is 1. The number of guanidine groups is 1. The molecule has 0 saturated heterocycles. The number of nitrogens with one attached hydrogen (secondary N) is 2. The molecular weight excluding hydrogens is 353 g/mol. The van der Waals surface area contributed by atoms with Crippen LogP contribution in [-0.2, 0) is 10.0 Å². The molecule has 2 N–H and O–H groups in total. The monoisotopic (exact) mass is 365 g/mol. The number of para-hydroxylation sites is 1. The summed E-state index contributed by atoms with van der Waals surface area (Å²) in [7, 11) is -3.84. The predicted molar refractivity (Wildman–Crippen MR) is 91.2 cm³/mol. The number of fused-ring (bicyclic) bond motifs is 1. The molecule has 0 unspecified atom stereocenters. The zero-order valence-electron chi connectivity index (χ0n) is 12.4. The van der Waals surface area contributed by atoms with E-state index >= 15 is 0 Å². The van der Waals surface area contributed by atoms with Crippen molar-refractivity contribution in [1.82, 2.24) is 5.32 Å². The van der Waals surface area contributed by atoms with Crippen LogP contribution in [0.1, 0.15) is 12.8 Å². The van der Waals surface area contributed by atoms with Gasteiger partial charge in [0.1, 0.15) is 10.7 Å². The standard InChI is InChI=1S/C16H13ClFN3O2S/c17-14-10(3-1-5-12(14)18)11-4-2-6-13-15(11)20-16(19-9-7-8-9)21-24(13,22)23/h1-6,9H,7-8H2,(H2,19,20,21). The molecule has 0 spiro atoms. The van der Waals surface area contributed by atoms with Crippen molar-refractivity contribution in [2.24, 2.45) is 4.40 Å². The zero-order valence-corrected chi connectivity index (χ0v) is 14.0. The molecule has 2 aliphatic rings. The fraction of sp³-hybridized carbons (Fsp3) is 0.188. The molecule has 5 nitrogen and oxygen atoms in total. The van der Waals surface area contributed by atoms with Gasteiger partial charge in [-0.3, -0.25) is 0 Å². The van der Waals surface area contributed by atoms with Gasteiger partial charge in [0.2, 0.25) is 5.96 Å². The van der Waals surface area contributed by atoms with Gasteiger partial charge < -0.3 is 10.6 Å². The van der Waals surface area contributed by atoms with Gasteiger partial charge in [-0.25, -0.2) is 4.39 Å². The summed E-state index contributed by atoms with van der Waals surface area (Å²) in [4.78, 5) is 0.0432. The van der Waals surface area contributed by atoms with E-state index in [0.29, 0.717) is 16.8 Å². The van der Waals surface area contributed by atoms with Crippen molar-refractivity contribution in [2.45, 2.75) is 23.8 Å².